The van der Waals surface area contributed by atoms with Crippen LogP contribution < -0.4 is 11.5 Å². The Labute approximate surface area is 148 Å². The van der Waals surface area contributed by atoms with Crippen molar-refractivity contribution in [1.29, 1.82) is 0 Å². The highest BCUT2D eigenvalue weighted by Gasteiger charge is 2.37. The summed E-state index contributed by atoms with van der Waals surface area (Å²) in [5.41, 5.74) is 7.99. The molecule has 0 bridgehead atoms. The number of halogens is 6. The van der Waals surface area contributed by atoms with Crippen LogP contribution >= 0.6 is 11.8 Å². The molecule has 5 nitrogen and oxygen atoms in total. The maximum absolute atomic E-state index is 12.9. The third-order valence-corrected chi connectivity index (χ3v) is 4.46. The molecule has 0 amide bonds. The standard InChI is InChI=1S/C14H13F6N5S/c1-6(26-5-10-23-11(21)25-12(22)24-10)7-2-8(13(15,16)17)4-9(3-7)14(18,19)20/h2-4,6H,5H2,1H3,(H4,21,22,23,24,25). The van der Waals surface area contributed by atoms with Crippen LogP contribution in [0.1, 0.15) is 34.7 Å². The van der Waals surface area contributed by atoms with Gasteiger partial charge in [0, 0.05) is 5.25 Å². The first kappa shape index (κ1) is 20.1. The molecule has 1 aromatic carbocycles. The molecular weight excluding hydrogens is 384 g/mol. The average Bonchev–Trinajstić information content (AvgIpc) is 2.49. The summed E-state index contributed by atoms with van der Waals surface area (Å²) in [5.74, 6) is 0.00334. The second kappa shape index (κ2) is 7.17. The van der Waals surface area contributed by atoms with Crippen molar-refractivity contribution in [2.24, 2.45) is 0 Å². The molecule has 4 N–H and O–H groups in total. The van der Waals surface area contributed by atoms with Crippen LogP contribution in [-0.4, -0.2) is 15.0 Å². The number of nitrogens with two attached hydrogens (primary N) is 2. The number of nitrogens with zero attached hydrogens (tertiary/aromatic N) is 3. The number of hydrogen-bond donors (Lipinski definition) is 2. The number of rotatable bonds is 4. The van der Waals surface area contributed by atoms with Crippen molar-refractivity contribution < 1.29 is 26.3 Å². The Kier molecular flexibility index (Phi) is 5.54. The van der Waals surface area contributed by atoms with Gasteiger partial charge in [0.15, 0.2) is 0 Å². The Morgan fingerprint density at radius 1 is 0.885 bits per heavy atom. The summed E-state index contributed by atoms with van der Waals surface area (Å²) < 4.78 is 77.5. The highest BCUT2D eigenvalue weighted by atomic mass is 32.2. The zero-order valence-electron chi connectivity index (χ0n) is 13.2. The minimum Gasteiger partial charge on any atom is -0.368 e. The fourth-order valence-electron chi connectivity index (χ4n) is 2.03. The van der Waals surface area contributed by atoms with Gasteiger partial charge in [-0.1, -0.05) is 0 Å². The van der Waals surface area contributed by atoms with E-state index in [9.17, 15) is 26.3 Å². The van der Waals surface area contributed by atoms with Gasteiger partial charge in [-0.25, -0.2) is 0 Å². The van der Waals surface area contributed by atoms with E-state index < -0.39 is 28.7 Å². The third kappa shape index (κ3) is 5.13. The van der Waals surface area contributed by atoms with Gasteiger partial charge in [-0.15, -0.1) is 11.8 Å². The van der Waals surface area contributed by atoms with Crippen molar-refractivity contribution in [1.82, 2.24) is 15.0 Å². The molecule has 26 heavy (non-hydrogen) atoms. The van der Waals surface area contributed by atoms with E-state index in [1.54, 1.807) is 0 Å². The highest BCUT2D eigenvalue weighted by Crippen LogP contribution is 2.40. The van der Waals surface area contributed by atoms with Gasteiger partial charge in [-0.3, -0.25) is 0 Å². The van der Waals surface area contributed by atoms with Gasteiger partial charge in [0.25, 0.3) is 0 Å². The van der Waals surface area contributed by atoms with Crippen LogP contribution in [0.2, 0.25) is 0 Å². The van der Waals surface area contributed by atoms with Crippen molar-refractivity contribution in [3.05, 3.63) is 40.7 Å². The molecule has 1 aromatic heterocycles. The van der Waals surface area contributed by atoms with Gasteiger partial charge in [0.05, 0.1) is 16.9 Å². The summed E-state index contributed by atoms with van der Waals surface area (Å²) in [7, 11) is 0. The molecule has 142 valence electrons. The normalized spacial score (nSPS) is 13.7. The van der Waals surface area contributed by atoms with Crippen LogP contribution in [0.15, 0.2) is 18.2 Å². The van der Waals surface area contributed by atoms with Crippen molar-refractivity contribution in [2.45, 2.75) is 30.3 Å². The Morgan fingerprint density at radius 3 is 1.77 bits per heavy atom. The van der Waals surface area contributed by atoms with Crippen LogP contribution in [0.3, 0.4) is 0 Å². The van der Waals surface area contributed by atoms with E-state index in [1.807, 2.05) is 0 Å². The first-order chi connectivity index (χ1) is 11.9. The molecule has 0 aliphatic carbocycles. The SMILES string of the molecule is CC(SCc1nc(N)nc(N)n1)c1cc(C(F)(F)F)cc(C(F)(F)F)c1. The quantitative estimate of drug-likeness (QED) is 0.756. The predicted octanol–water partition coefficient (Wildman–Crippen LogP) is 4.07. The lowest BCUT2D eigenvalue weighted by Crippen LogP contribution is -2.12. The molecule has 0 saturated carbocycles. The van der Waals surface area contributed by atoms with Crippen molar-refractivity contribution in [2.75, 3.05) is 11.5 Å². The van der Waals surface area contributed by atoms with Crippen molar-refractivity contribution in [3.63, 3.8) is 0 Å². The molecule has 0 radical (unpaired) electrons. The number of benzene rings is 1. The molecule has 0 aliphatic heterocycles. The molecule has 1 atom stereocenters. The number of alkyl halides is 6. The third-order valence-electron chi connectivity index (χ3n) is 3.26. The van der Waals surface area contributed by atoms with Gasteiger partial charge >= 0.3 is 12.4 Å². The molecule has 0 fully saturated rings. The van der Waals surface area contributed by atoms with Crippen LogP contribution in [-0.2, 0) is 18.1 Å². The number of thioether (sulfide) groups is 1. The molecule has 12 heteroatoms. The van der Waals surface area contributed by atoms with E-state index in [1.165, 1.54) is 6.92 Å². The van der Waals surface area contributed by atoms with E-state index in [2.05, 4.69) is 15.0 Å². The minimum absolute atomic E-state index is 0.0791. The number of nitrogen functional groups attached to an aromatic ring is 2. The lowest BCUT2D eigenvalue weighted by molar-refractivity contribution is -0.143. The first-order valence-corrected chi connectivity index (χ1v) is 8.08. The van der Waals surface area contributed by atoms with E-state index in [4.69, 9.17) is 11.5 Å². The molecule has 2 aromatic rings. The Balaban J connectivity index is 2.28. The van der Waals surface area contributed by atoms with Gasteiger partial charge in [-0.05, 0) is 30.7 Å². The number of hydrogen-bond acceptors (Lipinski definition) is 6. The van der Waals surface area contributed by atoms with E-state index in [-0.39, 0.29) is 35.1 Å². The van der Waals surface area contributed by atoms with Crippen LogP contribution in [0.5, 0.6) is 0 Å². The molecule has 0 spiro atoms. The summed E-state index contributed by atoms with van der Waals surface area (Å²) >= 11 is 1.04. The molecule has 1 unspecified atom stereocenters. The topological polar surface area (TPSA) is 90.7 Å². The number of anilines is 2. The summed E-state index contributed by atoms with van der Waals surface area (Å²) in [6.07, 6.45) is -9.78. The largest absolute Gasteiger partial charge is 0.416 e. The molecular formula is C14H13F6N5S. The van der Waals surface area contributed by atoms with Crippen LogP contribution in [0.4, 0.5) is 38.2 Å². The zero-order chi connectivity index (χ0) is 19.7. The highest BCUT2D eigenvalue weighted by molar-refractivity contribution is 7.98. The summed E-state index contributed by atoms with van der Waals surface area (Å²) in [4.78, 5) is 11.2. The molecule has 2 rings (SSSR count). The van der Waals surface area contributed by atoms with Gasteiger partial charge in [-0.2, -0.15) is 41.3 Å². The molecule has 0 aliphatic rings. The monoisotopic (exact) mass is 397 g/mol. The smallest absolute Gasteiger partial charge is 0.368 e. The average molecular weight is 397 g/mol. The van der Waals surface area contributed by atoms with Gasteiger partial charge < -0.3 is 11.5 Å². The Hall–Kier alpha value is -2.24. The van der Waals surface area contributed by atoms with Crippen LogP contribution in [0.25, 0.3) is 0 Å². The molecule has 0 saturated heterocycles. The molecule has 1 heterocycles. The van der Waals surface area contributed by atoms with E-state index in [0.717, 1.165) is 11.8 Å². The summed E-state index contributed by atoms with van der Waals surface area (Å²) in [6, 6.07) is 1.49. The maximum Gasteiger partial charge on any atom is 0.416 e. The van der Waals surface area contributed by atoms with Crippen molar-refractivity contribution in [3.8, 4) is 0 Å². The van der Waals surface area contributed by atoms with E-state index in [0.29, 0.717) is 12.1 Å². The Morgan fingerprint density at radius 2 is 1.35 bits per heavy atom. The van der Waals surface area contributed by atoms with Crippen molar-refractivity contribution >= 4 is 23.7 Å². The first-order valence-electron chi connectivity index (χ1n) is 7.03. The lowest BCUT2D eigenvalue weighted by Gasteiger charge is -2.17. The minimum atomic E-state index is -4.89. The fourth-order valence-corrected chi connectivity index (χ4v) is 2.89. The van der Waals surface area contributed by atoms with Gasteiger partial charge in [0.1, 0.15) is 5.82 Å². The fraction of sp³-hybridized carbons (Fsp3) is 0.357. The zero-order valence-corrected chi connectivity index (χ0v) is 14.0. The Bertz CT molecular complexity index is 740. The van der Waals surface area contributed by atoms with E-state index >= 15 is 0 Å². The summed E-state index contributed by atoms with van der Waals surface area (Å²) in [5, 5.41) is -0.697. The predicted molar refractivity (Wildman–Crippen MR) is 84.8 cm³/mol. The summed E-state index contributed by atoms with van der Waals surface area (Å²) in [6.45, 7) is 1.48. The lowest BCUT2D eigenvalue weighted by atomic mass is 10.0. The maximum atomic E-state index is 12.9. The van der Waals surface area contributed by atoms with Gasteiger partial charge in [0.2, 0.25) is 11.9 Å². The van der Waals surface area contributed by atoms with Crippen LogP contribution in [0, 0.1) is 0 Å². The number of aromatic nitrogens is 3. The second-order valence-corrected chi connectivity index (χ2v) is 6.59. The second-order valence-electron chi connectivity index (χ2n) is 5.26.